The maximum absolute atomic E-state index is 10.5. The van der Waals surface area contributed by atoms with Gasteiger partial charge in [-0.3, -0.25) is 9.89 Å². The van der Waals surface area contributed by atoms with E-state index in [2.05, 4.69) is 29.0 Å². The van der Waals surface area contributed by atoms with Gasteiger partial charge in [-0.2, -0.15) is 4.98 Å². The molecule has 0 radical (unpaired) electrons. The summed E-state index contributed by atoms with van der Waals surface area (Å²) in [5.41, 5.74) is 0. The minimum atomic E-state index is -0.896. The molecule has 0 unspecified atom stereocenters. The molecule has 1 aromatic heterocycles. The van der Waals surface area contributed by atoms with E-state index >= 15 is 0 Å². The molecule has 84 valence electrons. The van der Waals surface area contributed by atoms with Crippen LogP contribution in [0.25, 0.3) is 0 Å². The van der Waals surface area contributed by atoms with Crippen molar-refractivity contribution in [3.63, 3.8) is 0 Å². The van der Waals surface area contributed by atoms with E-state index < -0.39 is 5.97 Å². The number of aliphatic carboxylic acids is 1. The van der Waals surface area contributed by atoms with Crippen LogP contribution in [0.4, 0.5) is 5.95 Å². The average molecular weight is 212 g/mol. The Kier molecular flexibility index (Phi) is 3.65. The molecule has 0 aromatic carbocycles. The van der Waals surface area contributed by atoms with Crippen molar-refractivity contribution in [1.82, 2.24) is 15.2 Å². The average Bonchev–Trinajstić information content (AvgIpc) is 2.50. The number of nitrogens with zero attached hydrogens (tertiary/aromatic N) is 3. The molecule has 0 bridgehead atoms. The Hall–Kier alpha value is -1.59. The number of anilines is 1. The highest BCUT2D eigenvalue weighted by molar-refractivity contribution is 5.72. The van der Waals surface area contributed by atoms with Gasteiger partial charge in [0.25, 0.3) is 0 Å². The smallest absolute Gasteiger partial charge is 0.323 e. The summed E-state index contributed by atoms with van der Waals surface area (Å²) < 4.78 is 0. The van der Waals surface area contributed by atoms with E-state index in [1.165, 1.54) is 4.90 Å². The Morgan fingerprint density at radius 1 is 1.60 bits per heavy atom. The number of carbonyl (C=O) groups is 1. The predicted molar refractivity (Wildman–Crippen MR) is 55.8 cm³/mol. The zero-order valence-corrected chi connectivity index (χ0v) is 9.19. The quantitative estimate of drug-likeness (QED) is 0.743. The minimum Gasteiger partial charge on any atom is -0.480 e. The number of H-pyrrole nitrogens is 1. The topological polar surface area (TPSA) is 82.1 Å². The molecule has 0 aliphatic rings. The number of carboxylic acid groups (broad SMARTS) is 1. The molecular formula is C9H16N4O2. The predicted octanol–water partition coefficient (Wildman–Crippen LogP) is 0.524. The molecule has 6 heteroatoms. The van der Waals surface area contributed by atoms with E-state index in [4.69, 9.17) is 5.11 Å². The van der Waals surface area contributed by atoms with Gasteiger partial charge in [-0.25, -0.2) is 0 Å². The third kappa shape index (κ3) is 3.57. The summed E-state index contributed by atoms with van der Waals surface area (Å²) in [6.45, 7) is 4.07. The highest BCUT2D eigenvalue weighted by atomic mass is 16.4. The standard InChI is InChI=1S/C9H16N4O2/c1-6(2)4-7-10-9(12-11-7)13(3)5-8(14)15/h6H,4-5H2,1-3H3,(H,14,15)(H,10,11,12). The Balaban J connectivity index is 2.62. The van der Waals surface area contributed by atoms with Gasteiger partial charge in [-0.05, 0) is 5.92 Å². The monoisotopic (exact) mass is 212 g/mol. The van der Waals surface area contributed by atoms with E-state index in [-0.39, 0.29) is 6.54 Å². The number of aromatic nitrogens is 3. The summed E-state index contributed by atoms with van der Waals surface area (Å²) in [7, 11) is 1.65. The van der Waals surface area contributed by atoms with Crippen molar-refractivity contribution in [3.05, 3.63) is 5.82 Å². The zero-order chi connectivity index (χ0) is 11.4. The first-order chi connectivity index (χ1) is 6.99. The van der Waals surface area contributed by atoms with Crippen LogP contribution in [-0.2, 0) is 11.2 Å². The molecule has 0 aliphatic carbocycles. The third-order valence-electron chi connectivity index (χ3n) is 1.84. The molecule has 0 atom stereocenters. The highest BCUT2D eigenvalue weighted by Gasteiger charge is 2.11. The van der Waals surface area contributed by atoms with Crippen LogP contribution in [-0.4, -0.2) is 39.8 Å². The first-order valence-corrected chi connectivity index (χ1v) is 4.83. The second-order valence-corrected chi connectivity index (χ2v) is 3.93. The summed E-state index contributed by atoms with van der Waals surface area (Å²) in [4.78, 5) is 16.1. The van der Waals surface area contributed by atoms with Crippen molar-refractivity contribution < 1.29 is 9.90 Å². The SMILES string of the molecule is CC(C)Cc1nc(N(C)CC(=O)O)n[nH]1. The lowest BCUT2D eigenvalue weighted by atomic mass is 10.1. The first kappa shape index (κ1) is 11.5. The summed E-state index contributed by atoms with van der Waals surface area (Å²) >= 11 is 0. The second kappa shape index (κ2) is 4.77. The van der Waals surface area contributed by atoms with Crippen molar-refractivity contribution >= 4 is 11.9 Å². The molecule has 6 nitrogen and oxygen atoms in total. The molecule has 1 heterocycles. The second-order valence-electron chi connectivity index (χ2n) is 3.93. The van der Waals surface area contributed by atoms with Crippen molar-refractivity contribution in [3.8, 4) is 0 Å². The van der Waals surface area contributed by atoms with Crippen LogP contribution in [0.2, 0.25) is 0 Å². The maximum Gasteiger partial charge on any atom is 0.323 e. The molecule has 15 heavy (non-hydrogen) atoms. The largest absolute Gasteiger partial charge is 0.480 e. The van der Waals surface area contributed by atoms with Gasteiger partial charge in [-0.15, -0.1) is 5.10 Å². The zero-order valence-electron chi connectivity index (χ0n) is 9.19. The summed E-state index contributed by atoms with van der Waals surface area (Å²) in [5, 5.41) is 15.3. The van der Waals surface area contributed by atoms with E-state index in [1.807, 2.05) is 0 Å². The first-order valence-electron chi connectivity index (χ1n) is 4.83. The highest BCUT2D eigenvalue weighted by Crippen LogP contribution is 2.07. The fraction of sp³-hybridized carbons (Fsp3) is 0.667. The molecule has 0 saturated carbocycles. The number of hydrogen-bond donors (Lipinski definition) is 2. The lowest BCUT2D eigenvalue weighted by Gasteiger charge is -2.10. The Morgan fingerprint density at radius 2 is 2.27 bits per heavy atom. The van der Waals surface area contributed by atoms with Crippen LogP contribution in [0.3, 0.4) is 0 Å². The lowest BCUT2D eigenvalue weighted by molar-refractivity contribution is -0.135. The lowest BCUT2D eigenvalue weighted by Crippen LogP contribution is -2.26. The van der Waals surface area contributed by atoms with Gasteiger partial charge >= 0.3 is 5.97 Å². The Bertz CT molecular complexity index is 335. The van der Waals surface area contributed by atoms with Gasteiger partial charge in [-0.1, -0.05) is 13.8 Å². The summed E-state index contributed by atoms with van der Waals surface area (Å²) in [6, 6.07) is 0. The van der Waals surface area contributed by atoms with E-state index in [0.29, 0.717) is 11.9 Å². The molecule has 0 aliphatic heterocycles. The van der Waals surface area contributed by atoms with Gasteiger partial charge < -0.3 is 10.0 Å². The van der Waals surface area contributed by atoms with Crippen LogP contribution in [0, 0.1) is 5.92 Å². The van der Waals surface area contributed by atoms with Gasteiger partial charge in [0, 0.05) is 13.5 Å². The maximum atomic E-state index is 10.5. The van der Waals surface area contributed by atoms with Crippen LogP contribution >= 0.6 is 0 Å². The molecule has 0 fully saturated rings. The fourth-order valence-electron chi connectivity index (χ4n) is 1.21. The molecule has 0 amide bonds. The van der Waals surface area contributed by atoms with E-state index in [9.17, 15) is 4.79 Å². The Morgan fingerprint density at radius 3 is 2.80 bits per heavy atom. The van der Waals surface area contributed by atoms with Crippen LogP contribution in [0.5, 0.6) is 0 Å². The van der Waals surface area contributed by atoms with Gasteiger partial charge in [0.2, 0.25) is 5.95 Å². The van der Waals surface area contributed by atoms with Crippen LogP contribution < -0.4 is 4.90 Å². The normalized spacial score (nSPS) is 10.7. The molecule has 0 spiro atoms. The van der Waals surface area contributed by atoms with Crippen molar-refractivity contribution in [2.45, 2.75) is 20.3 Å². The Labute approximate surface area is 88.3 Å². The number of nitrogens with one attached hydrogen (secondary N) is 1. The number of likely N-dealkylation sites (N-methyl/N-ethyl adjacent to an activating group) is 1. The van der Waals surface area contributed by atoms with Crippen LogP contribution in [0.15, 0.2) is 0 Å². The van der Waals surface area contributed by atoms with Crippen molar-refractivity contribution in [2.24, 2.45) is 5.92 Å². The fourth-order valence-corrected chi connectivity index (χ4v) is 1.21. The minimum absolute atomic E-state index is 0.0982. The third-order valence-corrected chi connectivity index (χ3v) is 1.84. The molecule has 2 N–H and O–H groups in total. The van der Waals surface area contributed by atoms with E-state index in [1.54, 1.807) is 7.05 Å². The van der Waals surface area contributed by atoms with Gasteiger partial charge in [0.05, 0.1) is 0 Å². The number of carboxylic acids is 1. The summed E-state index contributed by atoms with van der Waals surface area (Å²) in [6.07, 6.45) is 0.813. The van der Waals surface area contributed by atoms with Crippen molar-refractivity contribution in [1.29, 1.82) is 0 Å². The number of rotatable bonds is 5. The molecule has 1 aromatic rings. The van der Waals surface area contributed by atoms with E-state index in [0.717, 1.165) is 12.2 Å². The molecule has 1 rings (SSSR count). The number of hydrogen-bond acceptors (Lipinski definition) is 4. The molecule has 0 saturated heterocycles. The van der Waals surface area contributed by atoms with Crippen molar-refractivity contribution in [2.75, 3.05) is 18.5 Å². The summed E-state index contributed by atoms with van der Waals surface area (Å²) in [5.74, 6) is 0.813. The van der Waals surface area contributed by atoms with Gasteiger partial charge in [0.15, 0.2) is 0 Å². The van der Waals surface area contributed by atoms with Crippen LogP contribution in [0.1, 0.15) is 19.7 Å². The molecular weight excluding hydrogens is 196 g/mol. The number of aromatic amines is 1. The van der Waals surface area contributed by atoms with Gasteiger partial charge in [0.1, 0.15) is 12.4 Å².